The minimum Gasteiger partial charge on any atom is -0.492 e. The molecule has 2 N–H and O–H groups in total. The number of rotatable bonds is 6. The van der Waals surface area contributed by atoms with Crippen molar-refractivity contribution in [3.8, 4) is 5.75 Å². The molecule has 1 saturated heterocycles. The van der Waals surface area contributed by atoms with E-state index in [0.717, 1.165) is 5.75 Å². The minimum absolute atomic E-state index is 0.0362. The molecule has 0 unspecified atom stereocenters. The van der Waals surface area contributed by atoms with Crippen molar-refractivity contribution in [3.63, 3.8) is 0 Å². The molecule has 1 aliphatic rings. The Balaban J connectivity index is 1.69. The van der Waals surface area contributed by atoms with Gasteiger partial charge in [-0.2, -0.15) is 0 Å². The van der Waals surface area contributed by atoms with E-state index in [0.29, 0.717) is 32.2 Å². The van der Waals surface area contributed by atoms with E-state index in [1.165, 1.54) is 5.56 Å². The van der Waals surface area contributed by atoms with Crippen LogP contribution in [-0.2, 0) is 9.53 Å². The second-order valence-electron chi connectivity index (χ2n) is 5.87. The molecule has 0 spiro atoms. The van der Waals surface area contributed by atoms with Crippen LogP contribution in [-0.4, -0.2) is 44.4 Å². The molecule has 122 valence electrons. The Bertz CT molecular complexity index is 473. The van der Waals surface area contributed by atoms with Crippen molar-refractivity contribution >= 4 is 5.91 Å². The summed E-state index contributed by atoms with van der Waals surface area (Å²) >= 11 is 0. The number of morpholine rings is 1. The van der Waals surface area contributed by atoms with Crippen LogP contribution in [0.1, 0.15) is 32.3 Å². The number of hydrogen-bond donors (Lipinski definition) is 2. The Morgan fingerprint density at radius 3 is 2.77 bits per heavy atom. The number of ether oxygens (including phenoxy) is 2. The van der Waals surface area contributed by atoms with Gasteiger partial charge in [-0.25, -0.2) is 0 Å². The first-order valence-electron chi connectivity index (χ1n) is 7.93. The van der Waals surface area contributed by atoms with Crippen LogP contribution < -0.4 is 15.4 Å². The first kappa shape index (κ1) is 16.8. The summed E-state index contributed by atoms with van der Waals surface area (Å²) in [6.07, 6.45) is -0.0988. The standard InChI is InChI=1S/C17H26N2O3/c1-12(2)14-4-6-15(7-5-14)22-11-9-19-17(20)16-13(3)21-10-8-18-16/h4-7,12-13,16,18H,8-11H2,1-3H3,(H,19,20)/t13-,16+/m1/s1. The lowest BCUT2D eigenvalue weighted by molar-refractivity contribution is -0.129. The summed E-state index contributed by atoms with van der Waals surface area (Å²) in [5, 5.41) is 6.04. The molecule has 2 rings (SSSR count). The molecule has 0 saturated carbocycles. The second kappa shape index (κ2) is 8.15. The van der Waals surface area contributed by atoms with Crippen molar-refractivity contribution in [1.82, 2.24) is 10.6 Å². The van der Waals surface area contributed by atoms with E-state index >= 15 is 0 Å². The highest BCUT2D eigenvalue weighted by Gasteiger charge is 2.27. The number of benzene rings is 1. The minimum atomic E-state index is -0.279. The van der Waals surface area contributed by atoms with Crippen LogP contribution in [0.5, 0.6) is 5.75 Å². The summed E-state index contributed by atoms with van der Waals surface area (Å²) in [7, 11) is 0. The predicted octanol–water partition coefficient (Wildman–Crippen LogP) is 1.68. The van der Waals surface area contributed by atoms with Crippen molar-refractivity contribution in [3.05, 3.63) is 29.8 Å². The SMILES string of the molecule is CC(C)c1ccc(OCCNC(=O)[C@H]2NCCO[C@@H]2C)cc1. The van der Waals surface area contributed by atoms with Gasteiger partial charge in [-0.15, -0.1) is 0 Å². The maximum Gasteiger partial charge on any atom is 0.239 e. The van der Waals surface area contributed by atoms with Gasteiger partial charge >= 0.3 is 0 Å². The van der Waals surface area contributed by atoms with E-state index in [1.54, 1.807) is 0 Å². The molecule has 22 heavy (non-hydrogen) atoms. The monoisotopic (exact) mass is 306 g/mol. The van der Waals surface area contributed by atoms with Crippen molar-refractivity contribution in [2.75, 3.05) is 26.3 Å². The number of carbonyl (C=O) groups excluding carboxylic acids is 1. The molecule has 1 aromatic rings. The van der Waals surface area contributed by atoms with Crippen LogP contribution in [0.4, 0.5) is 0 Å². The fourth-order valence-electron chi connectivity index (χ4n) is 2.43. The molecule has 0 aliphatic carbocycles. The lowest BCUT2D eigenvalue weighted by Gasteiger charge is -2.29. The summed E-state index contributed by atoms with van der Waals surface area (Å²) < 4.78 is 11.1. The molecule has 1 heterocycles. The number of hydrogen-bond acceptors (Lipinski definition) is 4. The fourth-order valence-corrected chi connectivity index (χ4v) is 2.43. The molecule has 1 aromatic carbocycles. The van der Waals surface area contributed by atoms with E-state index in [9.17, 15) is 4.79 Å². The molecule has 0 bridgehead atoms. The lowest BCUT2D eigenvalue weighted by Crippen LogP contribution is -2.55. The maximum atomic E-state index is 12.0. The van der Waals surface area contributed by atoms with E-state index in [4.69, 9.17) is 9.47 Å². The zero-order valence-corrected chi connectivity index (χ0v) is 13.6. The van der Waals surface area contributed by atoms with Gasteiger partial charge < -0.3 is 20.1 Å². The van der Waals surface area contributed by atoms with Crippen LogP contribution >= 0.6 is 0 Å². The zero-order chi connectivity index (χ0) is 15.9. The Hall–Kier alpha value is -1.59. The molecule has 5 heteroatoms. The predicted molar refractivity (Wildman–Crippen MR) is 86.2 cm³/mol. The van der Waals surface area contributed by atoms with Crippen LogP contribution in [0, 0.1) is 0 Å². The Morgan fingerprint density at radius 2 is 2.14 bits per heavy atom. The molecule has 2 atom stereocenters. The molecule has 1 aliphatic heterocycles. The summed E-state index contributed by atoms with van der Waals surface area (Å²) in [5.74, 6) is 1.30. The van der Waals surface area contributed by atoms with Crippen LogP contribution in [0.25, 0.3) is 0 Å². The molecule has 1 fully saturated rings. The average Bonchev–Trinajstić information content (AvgIpc) is 2.52. The van der Waals surface area contributed by atoms with Crippen LogP contribution in [0.2, 0.25) is 0 Å². The smallest absolute Gasteiger partial charge is 0.239 e. The van der Waals surface area contributed by atoms with Gasteiger partial charge in [-0.1, -0.05) is 26.0 Å². The quantitative estimate of drug-likeness (QED) is 0.785. The van der Waals surface area contributed by atoms with Gasteiger partial charge in [0.05, 0.1) is 19.3 Å². The Kier molecular flexibility index (Phi) is 6.21. The van der Waals surface area contributed by atoms with Crippen molar-refractivity contribution in [2.45, 2.75) is 38.8 Å². The fraction of sp³-hybridized carbons (Fsp3) is 0.588. The van der Waals surface area contributed by atoms with Gasteiger partial charge in [0.1, 0.15) is 18.4 Å². The number of amides is 1. The highest BCUT2D eigenvalue weighted by molar-refractivity contribution is 5.82. The van der Waals surface area contributed by atoms with E-state index in [-0.39, 0.29) is 18.1 Å². The Labute approximate surface area is 132 Å². The number of carbonyl (C=O) groups is 1. The average molecular weight is 306 g/mol. The summed E-state index contributed by atoms with van der Waals surface area (Å²) in [5.41, 5.74) is 1.29. The Morgan fingerprint density at radius 1 is 1.41 bits per heavy atom. The van der Waals surface area contributed by atoms with Gasteiger partial charge in [0.15, 0.2) is 0 Å². The third kappa shape index (κ3) is 4.71. The van der Waals surface area contributed by atoms with Crippen molar-refractivity contribution in [2.24, 2.45) is 0 Å². The zero-order valence-electron chi connectivity index (χ0n) is 13.6. The normalized spacial score (nSPS) is 21.6. The van der Waals surface area contributed by atoms with Gasteiger partial charge in [0, 0.05) is 6.54 Å². The highest BCUT2D eigenvalue weighted by Crippen LogP contribution is 2.18. The summed E-state index contributed by atoms with van der Waals surface area (Å²) in [6, 6.07) is 7.80. The van der Waals surface area contributed by atoms with E-state index in [2.05, 4.69) is 36.6 Å². The third-order valence-electron chi connectivity index (χ3n) is 3.82. The summed E-state index contributed by atoms with van der Waals surface area (Å²) in [4.78, 5) is 12.0. The van der Waals surface area contributed by atoms with Crippen molar-refractivity contribution in [1.29, 1.82) is 0 Å². The topological polar surface area (TPSA) is 59.6 Å². The molecule has 5 nitrogen and oxygen atoms in total. The van der Waals surface area contributed by atoms with Gasteiger partial charge in [0.2, 0.25) is 5.91 Å². The third-order valence-corrected chi connectivity index (χ3v) is 3.82. The molecule has 0 radical (unpaired) electrons. The number of nitrogens with one attached hydrogen (secondary N) is 2. The van der Waals surface area contributed by atoms with Crippen LogP contribution in [0.15, 0.2) is 24.3 Å². The van der Waals surface area contributed by atoms with E-state index < -0.39 is 0 Å². The molecule has 0 aromatic heterocycles. The maximum absolute atomic E-state index is 12.0. The van der Waals surface area contributed by atoms with Crippen molar-refractivity contribution < 1.29 is 14.3 Å². The van der Waals surface area contributed by atoms with Gasteiger partial charge in [-0.05, 0) is 30.5 Å². The summed E-state index contributed by atoms with van der Waals surface area (Å²) in [6.45, 7) is 8.53. The van der Waals surface area contributed by atoms with Crippen LogP contribution in [0.3, 0.4) is 0 Å². The molecular formula is C17H26N2O3. The second-order valence-corrected chi connectivity index (χ2v) is 5.87. The van der Waals surface area contributed by atoms with Gasteiger partial charge in [0.25, 0.3) is 0 Å². The van der Waals surface area contributed by atoms with Gasteiger partial charge in [-0.3, -0.25) is 4.79 Å². The van der Waals surface area contributed by atoms with E-state index in [1.807, 2.05) is 19.1 Å². The first-order valence-corrected chi connectivity index (χ1v) is 7.93. The largest absolute Gasteiger partial charge is 0.492 e. The molecule has 1 amide bonds. The lowest BCUT2D eigenvalue weighted by atomic mass is 10.0. The molecular weight excluding hydrogens is 280 g/mol. The highest BCUT2D eigenvalue weighted by atomic mass is 16.5. The first-order chi connectivity index (χ1) is 10.6.